The molecule has 4 aromatic rings. The molecule has 0 unspecified atom stereocenters. The highest BCUT2D eigenvalue weighted by Gasteiger charge is 2.30. The number of aromatic nitrogens is 1. The molecule has 168 valence electrons. The Morgan fingerprint density at radius 3 is 2.73 bits per heavy atom. The number of fused-ring (bicyclic) bond motifs is 2. The smallest absolute Gasteiger partial charge is 0.409 e. The number of carbonyl (C=O) groups is 2. The summed E-state index contributed by atoms with van der Waals surface area (Å²) in [6.45, 7) is 0.951. The van der Waals surface area contributed by atoms with Crippen LogP contribution in [0, 0.1) is 0 Å². The van der Waals surface area contributed by atoms with Gasteiger partial charge in [-0.05, 0) is 42.3 Å². The number of hydrogen-bond donors (Lipinski definition) is 1. The molecule has 0 radical (unpaired) electrons. The van der Waals surface area contributed by atoms with E-state index in [1.165, 1.54) is 18.4 Å². The maximum Gasteiger partial charge on any atom is 0.409 e. The lowest BCUT2D eigenvalue weighted by atomic mass is 10.0. The van der Waals surface area contributed by atoms with Gasteiger partial charge in [-0.25, -0.2) is 9.78 Å². The molecular weight excluding hydrogens is 501 g/mol. The summed E-state index contributed by atoms with van der Waals surface area (Å²) in [5.41, 5.74) is 3.23. The Morgan fingerprint density at radius 2 is 1.97 bits per heavy atom. The number of hydrogen-bond acceptors (Lipinski definition) is 6. The van der Waals surface area contributed by atoms with E-state index in [1.54, 1.807) is 34.4 Å². The molecule has 0 aliphatic carbocycles. The van der Waals surface area contributed by atoms with Crippen molar-refractivity contribution in [3.63, 3.8) is 0 Å². The largest absolute Gasteiger partial charge is 0.453 e. The molecule has 3 heterocycles. The van der Waals surface area contributed by atoms with Gasteiger partial charge >= 0.3 is 6.09 Å². The predicted octanol–water partition coefficient (Wildman–Crippen LogP) is 6.71. The average Bonchev–Trinajstić information content (AvgIpc) is 3.38. The third-order valence-corrected chi connectivity index (χ3v) is 8.13. The van der Waals surface area contributed by atoms with Crippen LogP contribution < -0.4 is 5.32 Å². The van der Waals surface area contributed by atoms with Gasteiger partial charge in [0.25, 0.3) is 5.91 Å². The number of para-hydroxylation sites is 1. The summed E-state index contributed by atoms with van der Waals surface area (Å²) in [4.78, 5) is 32.7. The van der Waals surface area contributed by atoms with Crippen LogP contribution in [0.3, 0.4) is 0 Å². The minimum Gasteiger partial charge on any atom is -0.453 e. The Bertz CT molecular complexity index is 1370. The SMILES string of the molecule is COC(=O)N1CCc2c(sc(NC(=O)c3ccc(Cl)cc3Cl)c2-c2nc3ccccc3s2)C1. The first kappa shape index (κ1) is 22.2. The fraction of sp³-hybridized carbons (Fsp3) is 0.174. The number of benzene rings is 2. The molecule has 6 nitrogen and oxygen atoms in total. The van der Waals surface area contributed by atoms with Crippen molar-refractivity contribution in [1.29, 1.82) is 0 Å². The Kier molecular flexibility index (Phi) is 6.01. The van der Waals surface area contributed by atoms with E-state index >= 15 is 0 Å². The summed E-state index contributed by atoms with van der Waals surface area (Å²) in [7, 11) is 1.38. The van der Waals surface area contributed by atoms with Crippen LogP contribution in [-0.2, 0) is 17.7 Å². The van der Waals surface area contributed by atoms with Gasteiger partial charge in [-0.1, -0.05) is 35.3 Å². The second-order valence-corrected chi connectivity index (χ2v) is 10.4. The zero-order chi connectivity index (χ0) is 23.1. The molecule has 10 heteroatoms. The van der Waals surface area contributed by atoms with Crippen molar-refractivity contribution in [2.24, 2.45) is 0 Å². The van der Waals surface area contributed by atoms with E-state index in [9.17, 15) is 9.59 Å². The minimum atomic E-state index is -0.367. The minimum absolute atomic E-state index is 0.278. The fourth-order valence-electron chi connectivity index (χ4n) is 3.83. The van der Waals surface area contributed by atoms with Gasteiger partial charge in [-0.2, -0.15) is 0 Å². The number of ether oxygens (including phenoxy) is 1. The Hall–Kier alpha value is -2.65. The standard InChI is InChI=1S/C23H17Cl2N3O3S2/c1-31-23(30)28-9-8-14-18(11-28)33-22(27-20(29)13-7-6-12(24)10-15(13)25)19(14)21-26-16-4-2-3-5-17(16)32-21/h2-7,10H,8-9,11H2,1H3,(H,27,29). The van der Waals surface area contributed by atoms with Gasteiger partial charge < -0.3 is 15.0 Å². The monoisotopic (exact) mass is 517 g/mol. The Balaban J connectivity index is 1.58. The first-order valence-electron chi connectivity index (χ1n) is 10.0. The lowest BCUT2D eigenvalue weighted by molar-refractivity contribution is 0.102. The van der Waals surface area contributed by atoms with Crippen molar-refractivity contribution in [2.45, 2.75) is 13.0 Å². The second-order valence-electron chi connectivity index (χ2n) is 7.41. The second kappa shape index (κ2) is 8.95. The van der Waals surface area contributed by atoms with Crippen molar-refractivity contribution in [3.05, 3.63) is 68.5 Å². The number of rotatable bonds is 3. The number of amides is 2. The number of anilines is 1. The summed E-state index contributed by atoms with van der Waals surface area (Å²) < 4.78 is 5.96. The van der Waals surface area contributed by atoms with Crippen LogP contribution in [-0.4, -0.2) is 35.5 Å². The van der Waals surface area contributed by atoms with E-state index in [2.05, 4.69) is 5.32 Å². The molecule has 1 aliphatic heterocycles. The Labute approximate surface area is 207 Å². The molecule has 0 spiro atoms. The van der Waals surface area contributed by atoms with Gasteiger partial charge in [-0.15, -0.1) is 22.7 Å². The molecule has 2 aromatic carbocycles. The normalized spacial score (nSPS) is 13.1. The van der Waals surface area contributed by atoms with Gasteiger partial charge in [0, 0.05) is 22.0 Å². The molecule has 0 saturated carbocycles. The number of thiazole rings is 1. The lowest BCUT2D eigenvalue weighted by Crippen LogP contribution is -2.35. The quantitative estimate of drug-likeness (QED) is 0.327. The van der Waals surface area contributed by atoms with E-state index in [0.29, 0.717) is 35.1 Å². The molecule has 0 fully saturated rings. The molecule has 1 aliphatic rings. The maximum absolute atomic E-state index is 13.1. The van der Waals surface area contributed by atoms with E-state index in [-0.39, 0.29) is 17.0 Å². The van der Waals surface area contributed by atoms with E-state index < -0.39 is 0 Å². The van der Waals surface area contributed by atoms with Gasteiger partial charge in [0.15, 0.2) is 0 Å². The first-order chi connectivity index (χ1) is 15.9. The number of nitrogens with one attached hydrogen (secondary N) is 1. The number of nitrogens with zero attached hydrogens (tertiary/aromatic N) is 2. The van der Waals surface area contributed by atoms with Crippen molar-refractivity contribution in [1.82, 2.24) is 9.88 Å². The van der Waals surface area contributed by atoms with Gasteiger partial charge in [0.1, 0.15) is 10.0 Å². The molecule has 33 heavy (non-hydrogen) atoms. The highest BCUT2D eigenvalue weighted by Crippen LogP contribution is 2.46. The molecule has 5 rings (SSSR count). The van der Waals surface area contributed by atoms with Crippen LogP contribution in [0.2, 0.25) is 10.0 Å². The highest BCUT2D eigenvalue weighted by atomic mass is 35.5. The van der Waals surface area contributed by atoms with Crippen LogP contribution in [0.4, 0.5) is 9.80 Å². The molecular formula is C23H17Cl2N3O3S2. The van der Waals surface area contributed by atoms with Crippen molar-refractivity contribution >= 4 is 73.1 Å². The number of methoxy groups -OCH3 is 1. The van der Waals surface area contributed by atoms with Crippen LogP contribution in [0.5, 0.6) is 0 Å². The van der Waals surface area contributed by atoms with Crippen molar-refractivity contribution < 1.29 is 14.3 Å². The topological polar surface area (TPSA) is 71.5 Å². The lowest BCUT2D eigenvalue weighted by Gasteiger charge is -2.25. The van der Waals surface area contributed by atoms with Gasteiger partial charge in [0.05, 0.1) is 34.5 Å². The van der Waals surface area contributed by atoms with Gasteiger partial charge in [-0.3, -0.25) is 4.79 Å². The van der Waals surface area contributed by atoms with E-state index in [0.717, 1.165) is 31.2 Å². The van der Waals surface area contributed by atoms with Crippen molar-refractivity contribution in [2.75, 3.05) is 19.0 Å². The first-order valence-corrected chi connectivity index (χ1v) is 12.4. The molecule has 1 N–H and O–H groups in total. The van der Waals surface area contributed by atoms with Crippen LogP contribution >= 0.6 is 45.9 Å². The number of thiophene rings is 1. The summed E-state index contributed by atoms with van der Waals surface area (Å²) in [6.07, 6.45) is 0.276. The molecule has 2 aromatic heterocycles. The number of halogens is 2. The summed E-state index contributed by atoms with van der Waals surface area (Å²) in [5.74, 6) is -0.331. The van der Waals surface area contributed by atoms with Crippen molar-refractivity contribution in [3.8, 4) is 10.6 Å². The summed E-state index contributed by atoms with van der Waals surface area (Å²) >= 11 is 15.3. The van der Waals surface area contributed by atoms with E-state index in [1.807, 2.05) is 24.3 Å². The number of carbonyl (C=O) groups excluding carboxylic acids is 2. The van der Waals surface area contributed by atoms with Crippen LogP contribution in [0.25, 0.3) is 20.8 Å². The Morgan fingerprint density at radius 1 is 1.15 bits per heavy atom. The highest BCUT2D eigenvalue weighted by molar-refractivity contribution is 7.23. The molecule has 0 saturated heterocycles. The fourth-order valence-corrected chi connectivity index (χ4v) is 6.69. The van der Waals surface area contributed by atoms with Gasteiger partial charge in [0.2, 0.25) is 0 Å². The zero-order valence-corrected chi connectivity index (χ0v) is 20.5. The maximum atomic E-state index is 13.1. The van der Waals surface area contributed by atoms with Crippen LogP contribution in [0.1, 0.15) is 20.8 Å². The van der Waals surface area contributed by atoms with E-state index in [4.69, 9.17) is 32.9 Å². The zero-order valence-electron chi connectivity index (χ0n) is 17.4. The molecule has 0 atom stereocenters. The van der Waals surface area contributed by atoms with Crippen LogP contribution in [0.15, 0.2) is 42.5 Å². The molecule has 2 amide bonds. The molecule has 0 bridgehead atoms. The summed E-state index contributed by atoms with van der Waals surface area (Å²) in [6, 6.07) is 12.7. The average molecular weight is 518 g/mol. The summed E-state index contributed by atoms with van der Waals surface area (Å²) in [5, 5.41) is 5.28. The third-order valence-electron chi connectivity index (χ3n) is 5.40. The third kappa shape index (κ3) is 4.19. The predicted molar refractivity (Wildman–Crippen MR) is 134 cm³/mol.